The molecule has 0 spiro atoms. The molecular formula is C13H24N2O2. The first-order chi connectivity index (χ1) is 8.00. The highest BCUT2D eigenvalue weighted by atomic mass is 16.5. The number of hydrogen-bond donors (Lipinski definition) is 2. The van der Waals surface area contributed by atoms with Crippen LogP contribution in [0.25, 0.3) is 0 Å². The molecule has 1 aliphatic heterocycles. The van der Waals surface area contributed by atoms with Crippen LogP contribution in [0.15, 0.2) is 0 Å². The van der Waals surface area contributed by atoms with E-state index in [2.05, 4.69) is 12.2 Å². The van der Waals surface area contributed by atoms with Crippen molar-refractivity contribution in [1.29, 1.82) is 0 Å². The van der Waals surface area contributed by atoms with Crippen molar-refractivity contribution in [3.05, 3.63) is 0 Å². The molecule has 1 aliphatic carbocycles. The van der Waals surface area contributed by atoms with Crippen molar-refractivity contribution in [2.75, 3.05) is 0 Å². The highest BCUT2D eigenvalue weighted by Gasteiger charge is 2.42. The van der Waals surface area contributed by atoms with Gasteiger partial charge in [-0.3, -0.25) is 4.79 Å². The van der Waals surface area contributed by atoms with Gasteiger partial charge in [0, 0.05) is 12.1 Å². The summed E-state index contributed by atoms with van der Waals surface area (Å²) < 4.78 is 5.71. The molecule has 3 N–H and O–H groups in total. The summed E-state index contributed by atoms with van der Waals surface area (Å²) in [5.74, 6) is 0.372. The first kappa shape index (κ1) is 12.8. The fourth-order valence-electron chi connectivity index (χ4n) is 3.17. The third kappa shape index (κ3) is 2.47. The number of nitrogens with one attached hydrogen (secondary N) is 1. The average molecular weight is 240 g/mol. The van der Waals surface area contributed by atoms with Crippen molar-refractivity contribution < 1.29 is 9.53 Å². The lowest BCUT2D eigenvalue weighted by molar-refractivity contribution is -0.128. The maximum absolute atomic E-state index is 12.3. The van der Waals surface area contributed by atoms with Crippen LogP contribution in [-0.2, 0) is 9.53 Å². The third-order valence-corrected chi connectivity index (χ3v) is 4.44. The van der Waals surface area contributed by atoms with Gasteiger partial charge < -0.3 is 15.8 Å². The third-order valence-electron chi connectivity index (χ3n) is 4.44. The van der Waals surface area contributed by atoms with E-state index in [0.29, 0.717) is 0 Å². The van der Waals surface area contributed by atoms with Crippen molar-refractivity contribution in [3.63, 3.8) is 0 Å². The molecule has 1 saturated carbocycles. The van der Waals surface area contributed by atoms with Crippen molar-refractivity contribution in [2.24, 2.45) is 17.6 Å². The Morgan fingerprint density at radius 3 is 2.41 bits per heavy atom. The first-order valence-corrected chi connectivity index (χ1v) is 6.72. The Morgan fingerprint density at radius 2 is 1.94 bits per heavy atom. The van der Waals surface area contributed by atoms with E-state index in [9.17, 15) is 4.79 Å². The van der Waals surface area contributed by atoms with E-state index in [1.807, 2.05) is 13.8 Å². The number of hydrogen-bond acceptors (Lipinski definition) is 3. The van der Waals surface area contributed by atoms with Gasteiger partial charge in [0.05, 0.1) is 18.1 Å². The Kier molecular flexibility index (Phi) is 3.73. The molecule has 6 unspecified atom stereocenters. The Morgan fingerprint density at radius 1 is 1.24 bits per heavy atom. The molecule has 2 aliphatic rings. The zero-order valence-corrected chi connectivity index (χ0v) is 11.0. The summed E-state index contributed by atoms with van der Waals surface area (Å²) in [5.41, 5.74) is 5.98. The van der Waals surface area contributed by atoms with Gasteiger partial charge in [0.15, 0.2) is 0 Å². The van der Waals surface area contributed by atoms with Crippen molar-refractivity contribution in [1.82, 2.24) is 5.32 Å². The quantitative estimate of drug-likeness (QED) is 0.758. The van der Waals surface area contributed by atoms with Gasteiger partial charge in [0.2, 0.25) is 5.91 Å². The lowest BCUT2D eigenvalue weighted by atomic mass is 9.88. The molecule has 2 rings (SSSR count). The molecule has 98 valence electrons. The van der Waals surface area contributed by atoms with E-state index in [-0.39, 0.29) is 42.0 Å². The Labute approximate surface area is 103 Å². The summed E-state index contributed by atoms with van der Waals surface area (Å²) in [6, 6.07) is 0.294. The van der Waals surface area contributed by atoms with Crippen LogP contribution in [0, 0.1) is 11.8 Å². The van der Waals surface area contributed by atoms with Gasteiger partial charge in [-0.1, -0.05) is 6.92 Å². The molecule has 0 bridgehead atoms. The highest BCUT2D eigenvalue weighted by Crippen LogP contribution is 2.32. The van der Waals surface area contributed by atoms with E-state index in [0.717, 1.165) is 19.3 Å². The Balaban J connectivity index is 1.95. The van der Waals surface area contributed by atoms with Gasteiger partial charge in [-0.05, 0) is 39.0 Å². The molecule has 4 heteroatoms. The molecule has 0 aromatic carbocycles. The maximum Gasteiger partial charge on any atom is 0.226 e. The smallest absolute Gasteiger partial charge is 0.226 e. The van der Waals surface area contributed by atoms with Crippen molar-refractivity contribution in [2.45, 2.75) is 64.3 Å². The number of ether oxygens (including phenoxy) is 1. The minimum atomic E-state index is -0.0298. The molecule has 6 atom stereocenters. The largest absolute Gasteiger partial charge is 0.374 e. The number of rotatable bonds is 2. The molecule has 0 radical (unpaired) electrons. The summed E-state index contributed by atoms with van der Waals surface area (Å²) in [4.78, 5) is 12.3. The fraction of sp³-hybridized carbons (Fsp3) is 0.923. The van der Waals surface area contributed by atoms with E-state index < -0.39 is 0 Å². The zero-order chi connectivity index (χ0) is 12.6. The monoisotopic (exact) mass is 240 g/mol. The summed E-state index contributed by atoms with van der Waals surface area (Å²) in [7, 11) is 0. The van der Waals surface area contributed by atoms with Gasteiger partial charge in [-0.2, -0.15) is 0 Å². The van der Waals surface area contributed by atoms with Crippen LogP contribution in [0.4, 0.5) is 0 Å². The van der Waals surface area contributed by atoms with Crippen LogP contribution in [0.1, 0.15) is 40.0 Å². The number of carbonyl (C=O) groups is 1. The molecule has 0 aromatic rings. The average Bonchev–Trinajstić information content (AvgIpc) is 2.74. The number of amides is 1. The minimum Gasteiger partial charge on any atom is -0.374 e. The summed E-state index contributed by atoms with van der Waals surface area (Å²) in [6.07, 6.45) is 3.33. The summed E-state index contributed by atoms with van der Waals surface area (Å²) in [6.45, 7) is 6.11. The molecule has 2 fully saturated rings. The fourth-order valence-corrected chi connectivity index (χ4v) is 3.17. The van der Waals surface area contributed by atoms with Crippen molar-refractivity contribution >= 4 is 5.91 Å². The second-order valence-corrected chi connectivity index (χ2v) is 5.64. The molecule has 0 aromatic heterocycles. The zero-order valence-electron chi connectivity index (χ0n) is 11.0. The second-order valence-electron chi connectivity index (χ2n) is 5.64. The van der Waals surface area contributed by atoms with Crippen molar-refractivity contribution in [3.8, 4) is 0 Å². The van der Waals surface area contributed by atoms with Crippen LogP contribution >= 0.6 is 0 Å². The predicted molar refractivity (Wildman–Crippen MR) is 66.4 cm³/mol. The molecule has 4 nitrogen and oxygen atoms in total. The van der Waals surface area contributed by atoms with Gasteiger partial charge in [0.1, 0.15) is 0 Å². The van der Waals surface area contributed by atoms with Crippen LogP contribution in [0.3, 0.4) is 0 Å². The normalized spacial score (nSPS) is 46.1. The summed E-state index contributed by atoms with van der Waals surface area (Å²) in [5, 5.41) is 3.11. The maximum atomic E-state index is 12.3. The van der Waals surface area contributed by atoms with Crippen LogP contribution < -0.4 is 11.1 Å². The minimum absolute atomic E-state index is 0.0117. The highest BCUT2D eigenvalue weighted by molar-refractivity contribution is 5.80. The first-order valence-electron chi connectivity index (χ1n) is 6.72. The molecule has 1 saturated heterocycles. The van der Waals surface area contributed by atoms with E-state index in [1.54, 1.807) is 0 Å². The second kappa shape index (κ2) is 4.94. The number of nitrogens with two attached hydrogens (primary N) is 1. The number of carbonyl (C=O) groups excluding carboxylic acids is 1. The Hall–Kier alpha value is -0.610. The van der Waals surface area contributed by atoms with Crippen LogP contribution in [-0.4, -0.2) is 30.2 Å². The van der Waals surface area contributed by atoms with Gasteiger partial charge >= 0.3 is 0 Å². The SMILES string of the molecule is CC1OC(C)C(C(=O)NC2CCCC2N)C1C. The van der Waals surface area contributed by atoms with Crippen LogP contribution in [0.2, 0.25) is 0 Å². The molecular weight excluding hydrogens is 216 g/mol. The standard InChI is InChI=1S/C13H24N2O2/c1-7-8(2)17-9(3)12(7)13(16)15-11-6-4-5-10(11)14/h7-12H,4-6,14H2,1-3H3,(H,15,16). The topological polar surface area (TPSA) is 64.3 Å². The lowest BCUT2D eigenvalue weighted by Gasteiger charge is -2.23. The Bertz CT molecular complexity index is 295. The van der Waals surface area contributed by atoms with E-state index >= 15 is 0 Å². The molecule has 1 heterocycles. The summed E-state index contributed by atoms with van der Waals surface area (Å²) >= 11 is 0. The molecule has 17 heavy (non-hydrogen) atoms. The van der Waals surface area contributed by atoms with Gasteiger partial charge in [0.25, 0.3) is 0 Å². The van der Waals surface area contributed by atoms with Gasteiger partial charge in [-0.25, -0.2) is 0 Å². The van der Waals surface area contributed by atoms with E-state index in [1.165, 1.54) is 0 Å². The lowest BCUT2D eigenvalue weighted by Crippen LogP contribution is -2.48. The van der Waals surface area contributed by atoms with Crippen LogP contribution in [0.5, 0.6) is 0 Å². The molecule has 1 amide bonds. The van der Waals surface area contributed by atoms with E-state index in [4.69, 9.17) is 10.5 Å². The van der Waals surface area contributed by atoms with Gasteiger partial charge in [-0.15, -0.1) is 0 Å². The predicted octanol–water partition coefficient (Wildman–Crippen LogP) is 1.04.